The maximum absolute atomic E-state index is 12.6. The first-order valence-electron chi connectivity index (χ1n) is 9.57. The van der Waals surface area contributed by atoms with Gasteiger partial charge in [-0.25, -0.2) is 0 Å². The predicted molar refractivity (Wildman–Crippen MR) is 123 cm³/mol. The second-order valence-corrected chi connectivity index (χ2v) is 7.31. The number of hydrogen-bond donors (Lipinski definition) is 0. The van der Waals surface area contributed by atoms with E-state index in [4.69, 9.17) is 32.7 Å². The second-order valence-electron chi connectivity index (χ2n) is 6.49. The first-order chi connectivity index (χ1) is 15.0. The van der Waals surface area contributed by atoms with E-state index in [9.17, 15) is 10.1 Å². The second kappa shape index (κ2) is 10.7. The SMILES string of the molecule is CCOc1cc(C=C(C#N)C(=O)c2ccccc2)ccc1OCc1c(Cl)cccc1Cl. The molecule has 0 fully saturated rings. The van der Waals surface area contributed by atoms with Crippen LogP contribution in [0.3, 0.4) is 0 Å². The van der Waals surface area contributed by atoms with E-state index in [0.29, 0.717) is 44.8 Å². The molecule has 0 aromatic heterocycles. The molecule has 0 saturated heterocycles. The van der Waals surface area contributed by atoms with Crippen LogP contribution >= 0.6 is 23.2 Å². The Balaban J connectivity index is 1.86. The average Bonchev–Trinajstić information content (AvgIpc) is 2.78. The molecule has 3 rings (SSSR count). The molecule has 156 valence electrons. The molecule has 0 aliphatic heterocycles. The molecular weight excluding hydrogens is 433 g/mol. The van der Waals surface area contributed by atoms with Crippen LogP contribution in [-0.2, 0) is 6.61 Å². The molecule has 0 N–H and O–H groups in total. The Hall–Kier alpha value is -3.26. The third kappa shape index (κ3) is 5.67. The van der Waals surface area contributed by atoms with Crippen LogP contribution < -0.4 is 9.47 Å². The lowest BCUT2D eigenvalue weighted by Gasteiger charge is -2.14. The average molecular weight is 452 g/mol. The molecule has 3 aromatic carbocycles. The highest BCUT2D eigenvalue weighted by Crippen LogP contribution is 2.32. The maximum atomic E-state index is 12.6. The van der Waals surface area contributed by atoms with Crippen LogP contribution in [0.15, 0.2) is 72.3 Å². The molecule has 0 bridgehead atoms. The fourth-order valence-corrected chi connectivity index (χ4v) is 3.39. The quantitative estimate of drug-likeness (QED) is 0.215. The van der Waals surface area contributed by atoms with Gasteiger partial charge >= 0.3 is 0 Å². The minimum Gasteiger partial charge on any atom is -0.490 e. The highest BCUT2D eigenvalue weighted by atomic mass is 35.5. The summed E-state index contributed by atoms with van der Waals surface area (Å²) in [5.41, 5.74) is 1.81. The molecule has 0 heterocycles. The zero-order chi connectivity index (χ0) is 22.2. The van der Waals surface area contributed by atoms with Crippen molar-refractivity contribution in [3.8, 4) is 17.6 Å². The third-order valence-electron chi connectivity index (χ3n) is 4.41. The van der Waals surface area contributed by atoms with Crippen LogP contribution in [0.2, 0.25) is 10.0 Å². The van der Waals surface area contributed by atoms with Crippen molar-refractivity contribution in [2.45, 2.75) is 13.5 Å². The summed E-state index contributed by atoms with van der Waals surface area (Å²) in [7, 11) is 0. The van der Waals surface area contributed by atoms with Crippen molar-refractivity contribution in [1.29, 1.82) is 5.26 Å². The van der Waals surface area contributed by atoms with Crippen LogP contribution in [0.4, 0.5) is 0 Å². The van der Waals surface area contributed by atoms with E-state index in [1.807, 2.05) is 19.1 Å². The minimum absolute atomic E-state index is 0.0326. The van der Waals surface area contributed by atoms with Gasteiger partial charge in [0.05, 0.1) is 6.61 Å². The number of allylic oxidation sites excluding steroid dienone is 1. The monoisotopic (exact) mass is 451 g/mol. The van der Waals surface area contributed by atoms with Gasteiger partial charge < -0.3 is 9.47 Å². The highest BCUT2D eigenvalue weighted by molar-refractivity contribution is 6.35. The van der Waals surface area contributed by atoms with Gasteiger partial charge in [0, 0.05) is 21.2 Å². The van der Waals surface area contributed by atoms with E-state index in [1.165, 1.54) is 6.08 Å². The Bertz CT molecular complexity index is 1130. The summed E-state index contributed by atoms with van der Waals surface area (Å²) in [5.74, 6) is 0.654. The summed E-state index contributed by atoms with van der Waals surface area (Å²) < 4.78 is 11.6. The number of benzene rings is 3. The standard InChI is InChI=1S/C25H19Cl2NO3/c1-2-30-24-14-17(13-19(15-28)25(29)18-7-4-3-5-8-18)11-12-23(24)31-16-20-21(26)9-6-10-22(20)27/h3-14H,2,16H2,1H3. The van der Waals surface area contributed by atoms with Gasteiger partial charge in [-0.15, -0.1) is 0 Å². The highest BCUT2D eigenvalue weighted by Gasteiger charge is 2.14. The van der Waals surface area contributed by atoms with Gasteiger partial charge in [-0.2, -0.15) is 5.26 Å². The van der Waals surface area contributed by atoms with Gasteiger partial charge in [-0.1, -0.05) is 65.7 Å². The van der Waals surface area contributed by atoms with E-state index < -0.39 is 0 Å². The van der Waals surface area contributed by atoms with Crippen molar-refractivity contribution in [3.05, 3.63) is 99.0 Å². The number of nitrogens with zero attached hydrogens (tertiary/aromatic N) is 1. The number of ketones is 1. The van der Waals surface area contributed by atoms with Crippen LogP contribution in [0.5, 0.6) is 11.5 Å². The van der Waals surface area contributed by atoms with Crippen molar-refractivity contribution in [3.63, 3.8) is 0 Å². The van der Waals surface area contributed by atoms with Gasteiger partial charge in [0.25, 0.3) is 0 Å². The van der Waals surface area contributed by atoms with Crippen molar-refractivity contribution in [1.82, 2.24) is 0 Å². The molecule has 0 atom stereocenters. The molecule has 4 nitrogen and oxygen atoms in total. The first kappa shape index (κ1) is 22.4. The van der Waals surface area contributed by atoms with Crippen LogP contribution in [0, 0.1) is 11.3 Å². The van der Waals surface area contributed by atoms with Gasteiger partial charge in [0.1, 0.15) is 18.2 Å². The Kier molecular flexibility index (Phi) is 7.72. The van der Waals surface area contributed by atoms with Crippen LogP contribution in [0.1, 0.15) is 28.4 Å². The summed E-state index contributed by atoms with van der Waals surface area (Å²) in [6, 6.07) is 21.1. The molecule has 31 heavy (non-hydrogen) atoms. The van der Waals surface area contributed by atoms with E-state index in [1.54, 1.807) is 60.7 Å². The Morgan fingerprint density at radius 3 is 2.32 bits per heavy atom. The normalized spacial score (nSPS) is 11.0. The molecular formula is C25H19Cl2NO3. The fraction of sp³-hybridized carbons (Fsp3) is 0.120. The molecule has 0 aliphatic rings. The summed E-state index contributed by atoms with van der Waals surface area (Å²) in [6.45, 7) is 2.45. The van der Waals surface area contributed by atoms with Crippen molar-refractivity contribution in [2.24, 2.45) is 0 Å². The smallest absolute Gasteiger partial charge is 0.203 e. The van der Waals surface area contributed by atoms with Crippen molar-refractivity contribution in [2.75, 3.05) is 6.61 Å². The largest absolute Gasteiger partial charge is 0.490 e. The molecule has 0 spiro atoms. The van der Waals surface area contributed by atoms with E-state index in [2.05, 4.69) is 0 Å². The van der Waals surface area contributed by atoms with E-state index in [0.717, 1.165) is 0 Å². The molecule has 0 aliphatic carbocycles. The molecule has 0 radical (unpaired) electrons. The van der Waals surface area contributed by atoms with Crippen LogP contribution in [0.25, 0.3) is 6.08 Å². The number of nitriles is 1. The number of carbonyl (C=O) groups excluding carboxylic acids is 1. The number of Topliss-reactive ketones (excluding diaryl/α,β-unsaturated/α-hetero) is 1. The number of halogens is 2. The summed E-state index contributed by atoms with van der Waals surface area (Å²) in [4.78, 5) is 12.6. The van der Waals surface area contributed by atoms with Gasteiger partial charge in [0.2, 0.25) is 5.78 Å². The van der Waals surface area contributed by atoms with Crippen molar-refractivity contribution >= 4 is 35.1 Å². The Morgan fingerprint density at radius 2 is 1.68 bits per heavy atom. The van der Waals surface area contributed by atoms with E-state index >= 15 is 0 Å². The molecule has 0 amide bonds. The minimum atomic E-state index is -0.338. The zero-order valence-corrected chi connectivity index (χ0v) is 18.3. The zero-order valence-electron chi connectivity index (χ0n) is 16.8. The molecule has 0 saturated carbocycles. The lowest BCUT2D eigenvalue weighted by atomic mass is 10.0. The summed E-state index contributed by atoms with van der Waals surface area (Å²) in [5, 5.41) is 10.5. The molecule has 6 heteroatoms. The lowest BCUT2D eigenvalue weighted by Crippen LogP contribution is -2.02. The summed E-state index contributed by atoms with van der Waals surface area (Å²) >= 11 is 12.4. The van der Waals surface area contributed by atoms with Gasteiger partial charge in [-0.05, 0) is 42.8 Å². The number of rotatable bonds is 8. The molecule has 3 aromatic rings. The Morgan fingerprint density at radius 1 is 0.968 bits per heavy atom. The number of ether oxygens (including phenoxy) is 2. The Labute approximate surface area is 191 Å². The molecule has 0 unspecified atom stereocenters. The van der Waals surface area contributed by atoms with E-state index in [-0.39, 0.29) is 18.0 Å². The van der Waals surface area contributed by atoms with Crippen molar-refractivity contribution < 1.29 is 14.3 Å². The third-order valence-corrected chi connectivity index (χ3v) is 5.12. The predicted octanol–water partition coefficient (Wildman–Crippen LogP) is 6.76. The van der Waals surface area contributed by atoms with Gasteiger partial charge in [0.15, 0.2) is 11.5 Å². The maximum Gasteiger partial charge on any atom is 0.203 e. The van der Waals surface area contributed by atoms with Gasteiger partial charge in [-0.3, -0.25) is 4.79 Å². The lowest BCUT2D eigenvalue weighted by molar-refractivity contribution is 0.104. The topological polar surface area (TPSA) is 59.3 Å². The number of carbonyl (C=O) groups is 1. The number of hydrogen-bond acceptors (Lipinski definition) is 4. The summed E-state index contributed by atoms with van der Waals surface area (Å²) in [6.07, 6.45) is 1.53. The first-order valence-corrected chi connectivity index (χ1v) is 10.3. The van der Waals surface area contributed by atoms with Crippen LogP contribution in [-0.4, -0.2) is 12.4 Å². The fourth-order valence-electron chi connectivity index (χ4n) is 2.88.